The van der Waals surface area contributed by atoms with Crippen LogP contribution in [0.2, 0.25) is 5.02 Å². The molecule has 0 radical (unpaired) electrons. The normalized spacial score (nSPS) is 11.3. The van der Waals surface area contributed by atoms with Crippen molar-refractivity contribution in [3.05, 3.63) is 58.6 Å². The summed E-state index contributed by atoms with van der Waals surface area (Å²) >= 11 is 5.96. The molecule has 0 spiro atoms. The highest BCUT2D eigenvalue weighted by molar-refractivity contribution is 7.92. The molecule has 3 nitrogen and oxygen atoms in total. The molecule has 0 aliphatic heterocycles. The first kappa shape index (κ1) is 13.9. The van der Waals surface area contributed by atoms with Gasteiger partial charge in [0.25, 0.3) is 10.0 Å². The molecule has 0 heterocycles. The van der Waals surface area contributed by atoms with E-state index in [1.54, 1.807) is 43.3 Å². The van der Waals surface area contributed by atoms with Crippen molar-refractivity contribution in [1.29, 1.82) is 0 Å². The van der Waals surface area contributed by atoms with Crippen molar-refractivity contribution in [2.75, 3.05) is 4.72 Å². The number of para-hydroxylation sites is 1. The van der Waals surface area contributed by atoms with Gasteiger partial charge >= 0.3 is 0 Å². The summed E-state index contributed by atoms with van der Waals surface area (Å²) in [5, 5.41) is 0.371. The summed E-state index contributed by atoms with van der Waals surface area (Å²) < 4.78 is 27.1. The predicted molar refractivity (Wildman–Crippen MR) is 78.2 cm³/mol. The average molecular weight is 296 g/mol. The van der Waals surface area contributed by atoms with E-state index in [-0.39, 0.29) is 4.90 Å². The summed E-state index contributed by atoms with van der Waals surface area (Å²) in [5.41, 5.74) is 2.11. The molecule has 2 aromatic rings. The molecule has 1 N–H and O–H groups in total. The molecule has 0 aliphatic carbocycles. The lowest BCUT2D eigenvalue weighted by molar-refractivity contribution is 0.600. The molecule has 2 aromatic carbocycles. The van der Waals surface area contributed by atoms with Gasteiger partial charge in [0, 0.05) is 0 Å². The Hall–Kier alpha value is -1.52. The summed E-state index contributed by atoms with van der Waals surface area (Å²) in [6.07, 6.45) is 0. The standard InChI is InChI=1S/C14H14ClNO2S/c1-10-7-8-14(11(2)9-10)19(17,18)16-13-6-4-3-5-12(13)15/h3-9,16H,1-2H3. The first-order chi connectivity index (χ1) is 8.90. The molecule has 2 rings (SSSR count). The maximum atomic E-state index is 12.3. The molecule has 0 aromatic heterocycles. The van der Waals surface area contributed by atoms with E-state index in [0.717, 1.165) is 5.56 Å². The fourth-order valence-electron chi connectivity index (χ4n) is 1.84. The number of aryl methyl sites for hydroxylation is 2. The van der Waals surface area contributed by atoms with Crippen molar-refractivity contribution in [3.63, 3.8) is 0 Å². The number of hydrogen-bond donors (Lipinski definition) is 1. The Bertz CT molecular complexity index is 711. The lowest BCUT2D eigenvalue weighted by atomic mass is 10.2. The maximum Gasteiger partial charge on any atom is 0.262 e. The minimum Gasteiger partial charge on any atom is -0.278 e. The van der Waals surface area contributed by atoms with Crippen LogP contribution >= 0.6 is 11.6 Å². The van der Waals surface area contributed by atoms with Gasteiger partial charge in [-0.2, -0.15) is 0 Å². The van der Waals surface area contributed by atoms with E-state index >= 15 is 0 Å². The molecule has 0 unspecified atom stereocenters. The van der Waals surface area contributed by atoms with Crippen molar-refractivity contribution in [2.24, 2.45) is 0 Å². The van der Waals surface area contributed by atoms with Crippen molar-refractivity contribution in [1.82, 2.24) is 0 Å². The molecule has 0 fully saturated rings. The minimum absolute atomic E-state index is 0.262. The van der Waals surface area contributed by atoms with Gasteiger partial charge in [0.1, 0.15) is 0 Å². The van der Waals surface area contributed by atoms with Gasteiger partial charge in [-0.1, -0.05) is 41.4 Å². The molecule has 0 atom stereocenters. The second-order valence-corrected chi connectivity index (χ2v) is 6.41. The number of rotatable bonds is 3. The van der Waals surface area contributed by atoms with Crippen LogP contribution in [0.15, 0.2) is 47.4 Å². The Kier molecular flexibility index (Phi) is 3.83. The Morgan fingerprint density at radius 3 is 2.37 bits per heavy atom. The summed E-state index contributed by atoms with van der Waals surface area (Å²) in [4.78, 5) is 0.262. The van der Waals surface area contributed by atoms with E-state index < -0.39 is 10.0 Å². The van der Waals surface area contributed by atoms with Crippen LogP contribution in [0.25, 0.3) is 0 Å². The second-order valence-electron chi connectivity index (χ2n) is 4.35. The van der Waals surface area contributed by atoms with Crippen LogP contribution < -0.4 is 4.72 Å². The lowest BCUT2D eigenvalue weighted by Gasteiger charge is -2.11. The smallest absolute Gasteiger partial charge is 0.262 e. The molecule has 19 heavy (non-hydrogen) atoms. The highest BCUT2D eigenvalue weighted by Crippen LogP contribution is 2.25. The van der Waals surface area contributed by atoms with Crippen LogP contribution in [0.4, 0.5) is 5.69 Å². The van der Waals surface area contributed by atoms with E-state index in [4.69, 9.17) is 11.6 Å². The molecule has 0 saturated heterocycles. The zero-order chi connectivity index (χ0) is 14.0. The zero-order valence-corrected chi connectivity index (χ0v) is 12.2. The third-order valence-electron chi connectivity index (χ3n) is 2.74. The molecule has 0 amide bonds. The Morgan fingerprint density at radius 2 is 1.74 bits per heavy atom. The number of halogens is 1. The largest absolute Gasteiger partial charge is 0.278 e. The quantitative estimate of drug-likeness (QED) is 0.937. The fraction of sp³-hybridized carbons (Fsp3) is 0.143. The van der Waals surface area contributed by atoms with Crippen LogP contribution in [0.3, 0.4) is 0 Å². The summed E-state index contributed by atoms with van der Waals surface area (Å²) in [6.45, 7) is 3.69. The Morgan fingerprint density at radius 1 is 1.05 bits per heavy atom. The number of benzene rings is 2. The SMILES string of the molecule is Cc1ccc(S(=O)(=O)Nc2ccccc2Cl)c(C)c1. The van der Waals surface area contributed by atoms with E-state index in [2.05, 4.69) is 4.72 Å². The van der Waals surface area contributed by atoms with Gasteiger partial charge in [0.15, 0.2) is 0 Å². The average Bonchev–Trinajstić information content (AvgIpc) is 2.31. The fourth-order valence-corrected chi connectivity index (χ4v) is 3.39. The highest BCUT2D eigenvalue weighted by atomic mass is 35.5. The van der Waals surface area contributed by atoms with Gasteiger partial charge < -0.3 is 0 Å². The van der Waals surface area contributed by atoms with Crippen LogP contribution in [0, 0.1) is 13.8 Å². The second kappa shape index (κ2) is 5.23. The summed E-state index contributed by atoms with van der Waals surface area (Å²) in [5.74, 6) is 0. The Labute approximate surface area is 118 Å². The molecule has 5 heteroatoms. The van der Waals surface area contributed by atoms with Crippen molar-refractivity contribution >= 4 is 27.3 Å². The maximum absolute atomic E-state index is 12.3. The molecular formula is C14H14ClNO2S. The minimum atomic E-state index is -3.62. The van der Waals surface area contributed by atoms with E-state index in [1.807, 2.05) is 13.0 Å². The van der Waals surface area contributed by atoms with E-state index in [1.165, 1.54) is 0 Å². The number of hydrogen-bond acceptors (Lipinski definition) is 2. The topological polar surface area (TPSA) is 46.2 Å². The van der Waals surface area contributed by atoms with Gasteiger partial charge in [-0.3, -0.25) is 4.72 Å². The van der Waals surface area contributed by atoms with Gasteiger partial charge in [0.05, 0.1) is 15.6 Å². The summed E-state index contributed by atoms with van der Waals surface area (Å²) in [7, 11) is -3.62. The molecule has 0 bridgehead atoms. The van der Waals surface area contributed by atoms with Crippen molar-refractivity contribution < 1.29 is 8.42 Å². The van der Waals surface area contributed by atoms with Crippen molar-refractivity contribution in [2.45, 2.75) is 18.7 Å². The number of sulfonamides is 1. The van der Waals surface area contributed by atoms with Crippen LogP contribution in [-0.4, -0.2) is 8.42 Å². The third kappa shape index (κ3) is 3.08. The van der Waals surface area contributed by atoms with Gasteiger partial charge in [-0.25, -0.2) is 8.42 Å². The molecule has 0 aliphatic rings. The third-order valence-corrected chi connectivity index (χ3v) is 4.59. The first-order valence-corrected chi connectivity index (χ1v) is 7.61. The molecule has 100 valence electrons. The lowest BCUT2D eigenvalue weighted by Crippen LogP contribution is -2.14. The van der Waals surface area contributed by atoms with E-state index in [0.29, 0.717) is 16.3 Å². The van der Waals surface area contributed by atoms with Gasteiger partial charge in [-0.05, 0) is 37.6 Å². The molecule has 0 saturated carbocycles. The predicted octanol–water partition coefficient (Wildman–Crippen LogP) is 3.76. The number of anilines is 1. The molecular weight excluding hydrogens is 282 g/mol. The first-order valence-electron chi connectivity index (χ1n) is 5.75. The van der Waals surface area contributed by atoms with Crippen LogP contribution in [0.1, 0.15) is 11.1 Å². The van der Waals surface area contributed by atoms with E-state index in [9.17, 15) is 8.42 Å². The number of nitrogens with one attached hydrogen (secondary N) is 1. The van der Waals surface area contributed by atoms with Crippen LogP contribution in [-0.2, 0) is 10.0 Å². The van der Waals surface area contributed by atoms with Gasteiger partial charge in [0.2, 0.25) is 0 Å². The Balaban J connectivity index is 2.41. The summed E-state index contributed by atoms with van der Waals surface area (Å²) in [6, 6.07) is 12.0. The van der Waals surface area contributed by atoms with Gasteiger partial charge in [-0.15, -0.1) is 0 Å². The van der Waals surface area contributed by atoms with Crippen LogP contribution in [0.5, 0.6) is 0 Å². The monoisotopic (exact) mass is 295 g/mol. The zero-order valence-electron chi connectivity index (χ0n) is 10.6. The highest BCUT2D eigenvalue weighted by Gasteiger charge is 2.17. The van der Waals surface area contributed by atoms with Crippen molar-refractivity contribution in [3.8, 4) is 0 Å².